The van der Waals surface area contributed by atoms with Gasteiger partial charge >= 0.3 is 5.97 Å². The Morgan fingerprint density at radius 2 is 1.50 bits per heavy atom. The van der Waals surface area contributed by atoms with E-state index < -0.39 is 29.5 Å². The van der Waals surface area contributed by atoms with E-state index in [-0.39, 0.29) is 34.9 Å². The van der Waals surface area contributed by atoms with Gasteiger partial charge in [-0.05, 0) is 69.4 Å². The van der Waals surface area contributed by atoms with Crippen LogP contribution in [-0.2, 0) is 19.1 Å². The molecule has 0 spiro atoms. The number of allylic oxidation sites excluding steroid dienone is 4. The van der Waals surface area contributed by atoms with Gasteiger partial charge in [-0.15, -0.1) is 0 Å². The first-order chi connectivity index (χ1) is 21.0. The molecule has 0 aromatic heterocycles. The van der Waals surface area contributed by atoms with Gasteiger partial charge in [-0.25, -0.2) is 0 Å². The lowest BCUT2D eigenvalue weighted by Gasteiger charge is -2.60. The molecule has 0 saturated heterocycles. The first kappa shape index (κ1) is 35.1. The Bertz CT molecular complexity index is 1090. The Balaban J connectivity index is 1.20. The average molecular weight is 613 g/mol. The fourth-order valence-corrected chi connectivity index (χ4v) is 9.77. The van der Waals surface area contributed by atoms with Crippen molar-refractivity contribution in [2.45, 2.75) is 161 Å². The topological polar surface area (TPSA) is 101 Å². The lowest BCUT2D eigenvalue weighted by Crippen LogP contribution is -2.62. The van der Waals surface area contributed by atoms with Crippen molar-refractivity contribution >= 4 is 17.5 Å². The summed E-state index contributed by atoms with van der Waals surface area (Å²) in [6, 6.07) is 0. The van der Waals surface area contributed by atoms with E-state index in [1.807, 2.05) is 13.8 Å². The summed E-state index contributed by atoms with van der Waals surface area (Å²) in [6.45, 7) is 7.95. The average Bonchev–Trinajstić information content (AvgIpc) is 3.25. The van der Waals surface area contributed by atoms with Crippen LogP contribution < -0.4 is 0 Å². The summed E-state index contributed by atoms with van der Waals surface area (Å²) in [5.41, 5.74) is -0.690. The fourth-order valence-electron chi connectivity index (χ4n) is 9.77. The summed E-state index contributed by atoms with van der Waals surface area (Å²) in [6.07, 6.45) is 22.1. The second kappa shape index (κ2) is 15.2. The van der Waals surface area contributed by atoms with E-state index in [2.05, 4.69) is 13.8 Å². The molecule has 0 amide bonds. The standard InChI is InChI=1S/C38H60O6/c1-5-6-7-8-9-10-11-12-13-14-15-16-17-18-34(42)44-26-33(41)38(43)22-21-31-30-20-19-28-24-29(39)23-27(2)37(28,4)35(30)32(40)25-36(31,38)3/h23-24,30-32,35,40,43H,5-22,25-26H2,1-4H3/t30-,31-,32?,35+,36-,37-,38-/m0/s1. The number of Topliss-reactive ketones (excluding diaryl/α,β-unsaturated/α-hetero) is 1. The summed E-state index contributed by atoms with van der Waals surface area (Å²) >= 11 is 0. The quantitative estimate of drug-likeness (QED) is 0.128. The van der Waals surface area contributed by atoms with Gasteiger partial charge in [-0.3, -0.25) is 14.4 Å². The highest BCUT2D eigenvalue weighted by atomic mass is 16.5. The van der Waals surface area contributed by atoms with Crippen LogP contribution in [0.15, 0.2) is 23.3 Å². The number of aliphatic hydroxyl groups excluding tert-OH is 1. The maximum atomic E-state index is 13.5. The third kappa shape index (κ3) is 7.12. The van der Waals surface area contributed by atoms with Crippen LogP contribution >= 0.6 is 0 Å². The Morgan fingerprint density at radius 1 is 0.909 bits per heavy atom. The zero-order valence-electron chi connectivity index (χ0n) is 28.1. The molecule has 3 fully saturated rings. The molecule has 4 aliphatic carbocycles. The minimum absolute atomic E-state index is 0.0213. The van der Waals surface area contributed by atoms with Crippen LogP contribution in [0.4, 0.5) is 0 Å². The van der Waals surface area contributed by atoms with Crippen molar-refractivity contribution in [3.63, 3.8) is 0 Å². The van der Waals surface area contributed by atoms with Crippen molar-refractivity contribution in [3.05, 3.63) is 23.3 Å². The van der Waals surface area contributed by atoms with E-state index in [1.54, 1.807) is 12.2 Å². The Hall–Kier alpha value is -1.79. The molecule has 0 bridgehead atoms. The van der Waals surface area contributed by atoms with Gasteiger partial charge in [0.1, 0.15) is 5.60 Å². The number of unbranched alkanes of at least 4 members (excludes halogenated alkanes) is 12. The van der Waals surface area contributed by atoms with Crippen LogP contribution in [0.3, 0.4) is 0 Å². The monoisotopic (exact) mass is 612 g/mol. The molecule has 248 valence electrons. The molecule has 4 aliphatic rings. The summed E-state index contributed by atoms with van der Waals surface area (Å²) in [5.74, 6) is -0.623. The predicted octanol–water partition coefficient (Wildman–Crippen LogP) is 7.98. The molecule has 7 atom stereocenters. The summed E-state index contributed by atoms with van der Waals surface area (Å²) in [4.78, 5) is 38.2. The number of hydrogen-bond acceptors (Lipinski definition) is 6. The summed E-state index contributed by atoms with van der Waals surface area (Å²) < 4.78 is 5.40. The SMILES string of the molecule is CCCCCCCCCCCCCCCC(=O)OCC(=O)[C@@]1(O)CC[C@H]2[C@@H]3CCC4=CC(=O)C=C(C)[C@]4(C)[C@H]3C(O)C[C@@]21C. The number of ketones is 2. The second-order valence-electron chi connectivity index (χ2n) is 15.1. The summed E-state index contributed by atoms with van der Waals surface area (Å²) in [7, 11) is 0. The molecule has 0 aromatic carbocycles. The lowest BCUT2D eigenvalue weighted by atomic mass is 9.45. The molecule has 1 unspecified atom stereocenters. The zero-order valence-corrected chi connectivity index (χ0v) is 28.1. The summed E-state index contributed by atoms with van der Waals surface area (Å²) in [5, 5.41) is 23.5. The van der Waals surface area contributed by atoms with E-state index in [9.17, 15) is 24.6 Å². The molecule has 44 heavy (non-hydrogen) atoms. The van der Waals surface area contributed by atoms with E-state index in [0.717, 1.165) is 43.3 Å². The van der Waals surface area contributed by atoms with E-state index in [4.69, 9.17) is 4.74 Å². The van der Waals surface area contributed by atoms with E-state index >= 15 is 0 Å². The van der Waals surface area contributed by atoms with E-state index in [1.165, 1.54) is 64.2 Å². The molecule has 4 rings (SSSR count). The van der Waals surface area contributed by atoms with Crippen LogP contribution in [0.1, 0.15) is 150 Å². The molecule has 2 N–H and O–H groups in total. The van der Waals surface area contributed by atoms with E-state index in [0.29, 0.717) is 25.7 Å². The number of hydrogen-bond donors (Lipinski definition) is 2. The highest BCUT2D eigenvalue weighted by molar-refractivity contribution is 6.02. The smallest absolute Gasteiger partial charge is 0.306 e. The van der Waals surface area contributed by atoms with Crippen molar-refractivity contribution < 1.29 is 29.3 Å². The first-order valence-electron chi connectivity index (χ1n) is 18.0. The van der Waals surface area contributed by atoms with Crippen LogP contribution in [0, 0.1) is 28.6 Å². The molecule has 0 heterocycles. The Morgan fingerprint density at radius 3 is 2.11 bits per heavy atom. The van der Waals surface area contributed by atoms with Crippen molar-refractivity contribution in [2.24, 2.45) is 28.6 Å². The van der Waals surface area contributed by atoms with Gasteiger partial charge in [0.05, 0.1) is 6.10 Å². The van der Waals surface area contributed by atoms with Crippen LogP contribution in [0.25, 0.3) is 0 Å². The Kier molecular flexibility index (Phi) is 12.1. The number of fused-ring (bicyclic) bond motifs is 5. The minimum Gasteiger partial charge on any atom is -0.458 e. The van der Waals surface area contributed by atoms with Gasteiger partial charge in [0.25, 0.3) is 0 Å². The number of aliphatic hydroxyl groups is 2. The predicted molar refractivity (Wildman–Crippen MR) is 174 cm³/mol. The highest BCUT2D eigenvalue weighted by Gasteiger charge is 2.68. The molecule has 0 aromatic rings. The van der Waals surface area contributed by atoms with Crippen molar-refractivity contribution in [2.75, 3.05) is 6.61 Å². The Labute approximate surface area is 266 Å². The van der Waals surface area contributed by atoms with Gasteiger partial charge in [0.15, 0.2) is 12.4 Å². The second-order valence-corrected chi connectivity index (χ2v) is 15.1. The van der Waals surface area contributed by atoms with Crippen molar-refractivity contribution in [1.29, 1.82) is 0 Å². The normalized spacial score (nSPS) is 34.5. The minimum atomic E-state index is -1.62. The largest absolute Gasteiger partial charge is 0.458 e. The molecule has 6 heteroatoms. The van der Waals surface area contributed by atoms with Gasteiger partial charge in [-0.1, -0.05) is 109 Å². The van der Waals surface area contributed by atoms with Crippen molar-refractivity contribution in [1.82, 2.24) is 0 Å². The van der Waals surface area contributed by atoms with Gasteiger partial charge in [0.2, 0.25) is 5.78 Å². The fraction of sp³-hybridized carbons (Fsp3) is 0.816. The zero-order chi connectivity index (χ0) is 32.0. The maximum absolute atomic E-state index is 13.5. The van der Waals surface area contributed by atoms with Crippen LogP contribution in [-0.4, -0.2) is 46.1 Å². The number of esters is 1. The molecular weight excluding hydrogens is 552 g/mol. The third-order valence-electron chi connectivity index (χ3n) is 12.5. The van der Waals surface area contributed by atoms with Gasteiger partial charge < -0.3 is 14.9 Å². The number of rotatable bonds is 17. The molecule has 6 nitrogen and oxygen atoms in total. The molecule has 0 radical (unpaired) electrons. The number of carbonyl (C=O) groups excluding carboxylic acids is 3. The first-order valence-corrected chi connectivity index (χ1v) is 18.0. The van der Waals surface area contributed by atoms with Crippen LogP contribution in [0.5, 0.6) is 0 Å². The van der Waals surface area contributed by atoms with Crippen molar-refractivity contribution in [3.8, 4) is 0 Å². The third-order valence-corrected chi connectivity index (χ3v) is 12.5. The highest BCUT2D eigenvalue weighted by Crippen LogP contribution is 2.68. The maximum Gasteiger partial charge on any atom is 0.306 e. The number of carbonyl (C=O) groups is 3. The molecule has 3 saturated carbocycles. The lowest BCUT2D eigenvalue weighted by molar-refractivity contribution is -0.181. The van der Waals surface area contributed by atoms with Gasteiger partial charge in [-0.2, -0.15) is 0 Å². The molecular formula is C38H60O6. The van der Waals surface area contributed by atoms with Crippen LogP contribution in [0.2, 0.25) is 0 Å². The molecule has 0 aliphatic heterocycles. The number of ether oxygens (including phenoxy) is 1. The van der Waals surface area contributed by atoms with Gasteiger partial charge in [0, 0.05) is 23.2 Å².